The molecule has 23 heavy (non-hydrogen) atoms. The molecule has 122 valence electrons. The van der Waals surface area contributed by atoms with E-state index in [4.69, 9.17) is 4.74 Å². The van der Waals surface area contributed by atoms with Crippen LogP contribution in [0, 0.1) is 0 Å². The van der Waals surface area contributed by atoms with Gasteiger partial charge in [0.25, 0.3) is 0 Å². The molecule has 3 heteroatoms. The number of ether oxygens (including phenoxy) is 1. The molecular formula is C20H25NO2. The number of benzene rings is 2. The lowest BCUT2D eigenvalue weighted by molar-refractivity contribution is -0.116. The molecule has 2 rings (SSSR count). The molecule has 0 saturated heterocycles. The minimum atomic E-state index is -0.00742. The zero-order valence-corrected chi connectivity index (χ0v) is 14.3. The first-order valence-corrected chi connectivity index (χ1v) is 7.93. The first kappa shape index (κ1) is 17.1. The quantitative estimate of drug-likeness (QED) is 0.879. The van der Waals surface area contributed by atoms with Gasteiger partial charge in [-0.3, -0.25) is 4.79 Å². The molecule has 0 atom stereocenters. The highest BCUT2D eigenvalue weighted by Gasteiger charge is 2.18. The molecule has 2 aromatic rings. The van der Waals surface area contributed by atoms with Crippen molar-refractivity contribution in [3.8, 4) is 5.75 Å². The molecule has 0 heterocycles. The molecule has 0 aliphatic carbocycles. The molecule has 0 unspecified atom stereocenters. The molecule has 0 fully saturated rings. The molecular weight excluding hydrogens is 286 g/mol. The first-order chi connectivity index (χ1) is 10.9. The summed E-state index contributed by atoms with van der Waals surface area (Å²) in [5, 5.41) is 3.05. The van der Waals surface area contributed by atoms with E-state index >= 15 is 0 Å². The molecule has 0 aliphatic heterocycles. The average molecular weight is 311 g/mol. The molecule has 0 aliphatic rings. The van der Waals surface area contributed by atoms with Crippen LogP contribution in [0.25, 0.3) is 0 Å². The monoisotopic (exact) mass is 311 g/mol. The number of hydrogen-bond donors (Lipinski definition) is 1. The van der Waals surface area contributed by atoms with Crippen LogP contribution in [0.2, 0.25) is 0 Å². The average Bonchev–Trinajstić information content (AvgIpc) is 2.52. The zero-order chi connectivity index (χ0) is 16.9. The maximum Gasteiger partial charge on any atom is 0.224 e. The van der Waals surface area contributed by atoms with Crippen LogP contribution in [-0.4, -0.2) is 13.0 Å². The topological polar surface area (TPSA) is 38.3 Å². The highest BCUT2D eigenvalue weighted by molar-refractivity contribution is 5.91. The fourth-order valence-corrected chi connectivity index (χ4v) is 2.62. The van der Waals surface area contributed by atoms with Gasteiger partial charge in [0.2, 0.25) is 5.91 Å². The van der Waals surface area contributed by atoms with E-state index in [1.165, 1.54) is 0 Å². The van der Waals surface area contributed by atoms with E-state index in [1.54, 1.807) is 7.11 Å². The van der Waals surface area contributed by atoms with Gasteiger partial charge in [-0.05, 0) is 35.1 Å². The van der Waals surface area contributed by atoms with E-state index in [-0.39, 0.29) is 11.3 Å². The second-order valence-corrected chi connectivity index (χ2v) is 6.66. The summed E-state index contributed by atoms with van der Waals surface area (Å²) in [7, 11) is 1.65. The highest BCUT2D eigenvalue weighted by atomic mass is 16.5. The number of hydrogen-bond acceptors (Lipinski definition) is 2. The van der Waals surface area contributed by atoms with E-state index in [2.05, 4.69) is 32.2 Å². The first-order valence-electron chi connectivity index (χ1n) is 7.93. The number of aryl methyl sites for hydroxylation is 1. The molecule has 1 N–H and O–H groups in total. The third-order valence-corrected chi connectivity index (χ3v) is 3.82. The largest absolute Gasteiger partial charge is 0.496 e. The standard InChI is InChI=1S/C20H25NO2/c1-20(2,3)16-10-6-7-11-17(16)21-19(22)14-13-15-9-5-8-12-18(15)23-4/h5-12H,13-14H2,1-4H3,(H,21,22). The van der Waals surface area contributed by atoms with Crippen molar-refractivity contribution in [2.45, 2.75) is 39.0 Å². The Morgan fingerprint density at radius 2 is 1.70 bits per heavy atom. The summed E-state index contributed by atoms with van der Waals surface area (Å²) in [4.78, 5) is 12.3. The van der Waals surface area contributed by atoms with Crippen LogP contribution in [0.4, 0.5) is 5.69 Å². The van der Waals surface area contributed by atoms with Gasteiger partial charge in [0.05, 0.1) is 7.11 Å². The van der Waals surface area contributed by atoms with Gasteiger partial charge in [-0.1, -0.05) is 57.2 Å². The minimum absolute atomic E-state index is 0.00742. The Kier molecular flexibility index (Phi) is 5.43. The Hall–Kier alpha value is -2.29. The third-order valence-electron chi connectivity index (χ3n) is 3.82. The number of para-hydroxylation sites is 2. The van der Waals surface area contributed by atoms with Crippen LogP contribution in [-0.2, 0) is 16.6 Å². The predicted molar refractivity (Wildman–Crippen MR) is 95.1 cm³/mol. The summed E-state index contributed by atoms with van der Waals surface area (Å²) < 4.78 is 5.33. The van der Waals surface area contributed by atoms with Gasteiger partial charge < -0.3 is 10.1 Å². The van der Waals surface area contributed by atoms with Gasteiger partial charge in [0, 0.05) is 12.1 Å². The van der Waals surface area contributed by atoms with Crippen LogP contribution in [0.15, 0.2) is 48.5 Å². The molecule has 0 spiro atoms. The number of nitrogens with one attached hydrogen (secondary N) is 1. The SMILES string of the molecule is COc1ccccc1CCC(=O)Nc1ccccc1C(C)(C)C. The van der Waals surface area contributed by atoms with E-state index in [0.29, 0.717) is 12.8 Å². The van der Waals surface area contributed by atoms with Gasteiger partial charge in [-0.25, -0.2) is 0 Å². The molecule has 0 saturated carbocycles. The summed E-state index contributed by atoms with van der Waals surface area (Å²) in [6, 6.07) is 15.8. The summed E-state index contributed by atoms with van der Waals surface area (Å²) >= 11 is 0. The van der Waals surface area contributed by atoms with Crippen LogP contribution >= 0.6 is 0 Å². The van der Waals surface area contributed by atoms with Crippen molar-refractivity contribution in [2.75, 3.05) is 12.4 Å². The molecule has 0 bridgehead atoms. The molecule has 1 amide bonds. The maximum absolute atomic E-state index is 12.3. The van der Waals surface area contributed by atoms with E-state index in [1.807, 2.05) is 42.5 Å². The van der Waals surface area contributed by atoms with Gasteiger partial charge >= 0.3 is 0 Å². The van der Waals surface area contributed by atoms with Crippen molar-refractivity contribution in [3.05, 3.63) is 59.7 Å². The minimum Gasteiger partial charge on any atom is -0.496 e. The number of methoxy groups -OCH3 is 1. The molecule has 0 radical (unpaired) electrons. The summed E-state index contributed by atoms with van der Waals surface area (Å²) in [6.07, 6.45) is 1.09. The number of rotatable bonds is 5. The summed E-state index contributed by atoms with van der Waals surface area (Å²) in [5.41, 5.74) is 3.08. The smallest absolute Gasteiger partial charge is 0.224 e. The van der Waals surface area contributed by atoms with E-state index in [0.717, 1.165) is 22.6 Å². The Morgan fingerprint density at radius 3 is 2.39 bits per heavy atom. The van der Waals surface area contributed by atoms with Crippen LogP contribution < -0.4 is 10.1 Å². The van der Waals surface area contributed by atoms with Crippen LogP contribution in [0.5, 0.6) is 5.75 Å². The van der Waals surface area contributed by atoms with E-state index in [9.17, 15) is 4.79 Å². The van der Waals surface area contributed by atoms with Gasteiger partial charge in [0.15, 0.2) is 0 Å². The number of carbonyl (C=O) groups is 1. The van der Waals surface area contributed by atoms with Crippen molar-refractivity contribution in [1.82, 2.24) is 0 Å². The third kappa shape index (κ3) is 4.59. The second-order valence-electron chi connectivity index (χ2n) is 6.66. The highest BCUT2D eigenvalue weighted by Crippen LogP contribution is 2.29. The Morgan fingerprint density at radius 1 is 1.04 bits per heavy atom. The zero-order valence-electron chi connectivity index (χ0n) is 14.3. The molecule has 3 nitrogen and oxygen atoms in total. The number of amides is 1. The maximum atomic E-state index is 12.3. The summed E-state index contributed by atoms with van der Waals surface area (Å²) in [6.45, 7) is 6.44. The van der Waals surface area contributed by atoms with E-state index < -0.39 is 0 Å². The van der Waals surface area contributed by atoms with Crippen molar-refractivity contribution < 1.29 is 9.53 Å². The van der Waals surface area contributed by atoms with Crippen LogP contribution in [0.3, 0.4) is 0 Å². The lowest BCUT2D eigenvalue weighted by Crippen LogP contribution is -2.18. The van der Waals surface area contributed by atoms with Crippen molar-refractivity contribution >= 4 is 11.6 Å². The molecule has 2 aromatic carbocycles. The van der Waals surface area contributed by atoms with Crippen molar-refractivity contribution in [1.29, 1.82) is 0 Å². The lowest BCUT2D eigenvalue weighted by atomic mass is 9.86. The normalized spacial score (nSPS) is 11.1. The predicted octanol–water partition coefficient (Wildman–Crippen LogP) is 4.56. The lowest BCUT2D eigenvalue weighted by Gasteiger charge is -2.23. The van der Waals surface area contributed by atoms with Gasteiger partial charge in [0.1, 0.15) is 5.75 Å². The summed E-state index contributed by atoms with van der Waals surface area (Å²) in [5.74, 6) is 0.850. The second kappa shape index (κ2) is 7.32. The fourth-order valence-electron chi connectivity index (χ4n) is 2.62. The Bertz CT molecular complexity index is 671. The number of anilines is 1. The fraction of sp³-hybridized carbons (Fsp3) is 0.350. The number of carbonyl (C=O) groups excluding carboxylic acids is 1. The Balaban J connectivity index is 2.04. The van der Waals surface area contributed by atoms with Crippen molar-refractivity contribution in [3.63, 3.8) is 0 Å². The Labute approximate surface area is 138 Å². The van der Waals surface area contributed by atoms with Gasteiger partial charge in [-0.15, -0.1) is 0 Å². The molecule has 0 aromatic heterocycles. The van der Waals surface area contributed by atoms with Gasteiger partial charge in [-0.2, -0.15) is 0 Å². The van der Waals surface area contributed by atoms with Crippen molar-refractivity contribution in [2.24, 2.45) is 0 Å². The van der Waals surface area contributed by atoms with Crippen LogP contribution in [0.1, 0.15) is 38.3 Å².